The van der Waals surface area contributed by atoms with Gasteiger partial charge >= 0.3 is 0 Å². The monoisotopic (exact) mass is 338 g/mol. The molecule has 1 saturated heterocycles. The molecular formula is C18H34N4O2. The highest BCUT2D eigenvalue weighted by Gasteiger charge is 2.16. The molecule has 0 aromatic heterocycles. The Hall–Kier alpha value is -1.30. The summed E-state index contributed by atoms with van der Waals surface area (Å²) in [5, 5.41) is 6.76. The average Bonchev–Trinajstić information content (AvgIpc) is 3.26. The molecule has 2 N–H and O–H groups in total. The molecule has 1 atom stereocenters. The van der Waals surface area contributed by atoms with E-state index in [1.807, 2.05) is 0 Å². The zero-order valence-corrected chi connectivity index (χ0v) is 15.4. The third-order valence-electron chi connectivity index (χ3n) is 5.01. The lowest BCUT2D eigenvalue weighted by Crippen LogP contribution is -2.41. The first kappa shape index (κ1) is 19.0. The fourth-order valence-electron chi connectivity index (χ4n) is 3.34. The van der Waals surface area contributed by atoms with Crippen molar-refractivity contribution in [1.82, 2.24) is 15.5 Å². The van der Waals surface area contributed by atoms with Crippen LogP contribution in [0.25, 0.3) is 0 Å². The summed E-state index contributed by atoms with van der Waals surface area (Å²) in [5.41, 5.74) is 0. The predicted octanol–water partition coefficient (Wildman–Crippen LogP) is 1.62. The Balaban J connectivity index is 1.72. The first-order valence-corrected chi connectivity index (χ1v) is 9.45. The van der Waals surface area contributed by atoms with Crippen LogP contribution in [0.15, 0.2) is 4.99 Å². The molecule has 138 valence electrons. The predicted molar refractivity (Wildman–Crippen MR) is 97.1 cm³/mol. The van der Waals surface area contributed by atoms with Crippen LogP contribution in [0.2, 0.25) is 0 Å². The number of nitrogens with zero attached hydrogens (tertiary/aromatic N) is 2. The first-order valence-electron chi connectivity index (χ1n) is 9.45. The zero-order valence-electron chi connectivity index (χ0n) is 15.4. The Morgan fingerprint density at radius 2 is 1.96 bits per heavy atom. The van der Waals surface area contributed by atoms with Crippen LogP contribution < -0.4 is 10.6 Å². The minimum absolute atomic E-state index is 0.0197. The number of carbonyl (C=O) groups is 1. The molecule has 1 amide bonds. The highest BCUT2D eigenvalue weighted by Crippen LogP contribution is 2.28. The molecule has 24 heavy (non-hydrogen) atoms. The smallest absolute Gasteiger partial charge is 0.243 e. The van der Waals surface area contributed by atoms with Crippen molar-refractivity contribution in [3.05, 3.63) is 0 Å². The van der Waals surface area contributed by atoms with Crippen molar-refractivity contribution in [1.29, 1.82) is 0 Å². The van der Waals surface area contributed by atoms with Gasteiger partial charge in [0, 0.05) is 39.7 Å². The largest absolute Gasteiger partial charge is 0.381 e. The molecule has 6 nitrogen and oxygen atoms in total. The summed E-state index contributed by atoms with van der Waals surface area (Å²) in [7, 11) is 3.52. The maximum atomic E-state index is 11.8. The Morgan fingerprint density at radius 3 is 2.62 bits per heavy atom. The molecule has 1 saturated carbocycles. The van der Waals surface area contributed by atoms with E-state index in [4.69, 9.17) is 4.74 Å². The van der Waals surface area contributed by atoms with E-state index in [1.165, 1.54) is 38.5 Å². The van der Waals surface area contributed by atoms with Gasteiger partial charge in [-0.1, -0.05) is 25.7 Å². The zero-order chi connectivity index (χ0) is 17.2. The summed E-state index contributed by atoms with van der Waals surface area (Å²) >= 11 is 0. The van der Waals surface area contributed by atoms with E-state index < -0.39 is 0 Å². The van der Waals surface area contributed by atoms with Crippen molar-refractivity contribution in [3.63, 3.8) is 0 Å². The molecule has 0 bridgehead atoms. The molecule has 1 aliphatic heterocycles. The number of aliphatic imine (C=N–C) groups is 1. The Labute approximate surface area is 146 Å². The number of hydrogen-bond donors (Lipinski definition) is 2. The third kappa shape index (κ3) is 7.07. The van der Waals surface area contributed by atoms with Crippen molar-refractivity contribution in [2.45, 2.75) is 44.9 Å². The maximum absolute atomic E-state index is 11.8. The molecule has 2 rings (SSSR count). The molecular weight excluding hydrogens is 304 g/mol. The molecule has 2 fully saturated rings. The van der Waals surface area contributed by atoms with Gasteiger partial charge in [0.05, 0.1) is 6.61 Å². The van der Waals surface area contributed by atoms with Gasteiger partial charge in [0.1, 0.15) is 6.54 Å². The van der Waals surface area contributed by atoms with E-state index in [1.54, 1.807) is 19.0 Å². The summed E-state index contributed by atoms with van der Waals surface area (Å²) in [5.74, 6) is 2.24. The summed E-state index contributed by atoms with van der Waals surface area (Å²) in [6.45, 7) is 3.63. The van der Waals surface area contributed by atoms with Crippen LogP contribution in [0.4, 0.5) is 0 Å². The van der Waals surface area contributed by atoms with E-state index in [9.17, 15) is 4.79 Å². The topological polar surface area (TPSA) is 66.0 Å². The normalized spacial score (nSPS) is 21.9. The van der Waals surface area contributed by atoms with Crippen LogP contribution in [-0.2, 0) is 9.53 Å². The van der Waals surface area contributed by atoms with Gasteiger partial charge in [0.25, 0.3) is 0 Å². The van der Waals surface area contributed by atoms with Gasteiger partial charge in [-0.15, -0.1) is 0 Å². The molecule has 0 spiro atoms. The number of rotatable bonds is 8. The molecule has 0 radical (unpaired) electrons. The van der Waals surface area contributed by atoms with Crippen LogP contribution in [0, 0.1) is 11.8 Å². The molecule has 0 aromatic rings. The van der Waals surface area contributed by atoms with Gasteiger partial charge in [-0.05, 0) is 25.2 Å². The fraction of sp³-hybridized carbons (Fsp3) is 0.889. The van der Waals surface area contributed by atoms with E-state index >= 15 is 0 Å². The molecule has 0 aromatic carbocycles. The summed E-state index contributed by atoms with van der Waals surface area (Å²) in [4.78, 5) is 17.8. The molecule has 2 aliphatic rings. The van der Waals surface area contributed by atoms with Gasteiger partial charge in [-0.3, -0.25) is 4.79 Å². The van der Waals surface area contributed by atoms with Gasteiger partial charge in [0.2, 0.25) is 5.91 Å². The van der Waals surface area contributed by atoms with Crippen LogP contribution in [0.1, 0.15) is 44.9 Å². The number of likely N-dealkylation sites (N-methyl/N-ethyl adjacent to an activating group) is 1. The third-order valence-corrected chi connectivity index (χ3v) is 5.01. The van der Waals surface area contributed by atoms with E-state index in [2.05, 4.69) is 15.6 Å². The first-order chi connectivity index (χ1) is 11.6. The second-order valence-electron chi connectivity index (χ2n) is 7.28. The molecule has 6 heteroatoms. The number of hydrogen-bond acceptors (Lipinski definition) is 3. The fourth-order valence-corrected chi connectivity index (χ4v) is 3.34. The highest BCUT2D eigenvalue weighted by molar-refractivity contribution is 5.84. The van der Waals surface area contributed by atoms with Crippen LogP contribution in [-0.4, -0.2) is 63.7 Å². The van der Waals surface area contributed by atoms with Gasteiger partial charge in [-0.25, -0.2) is 4.99 Å². The highest BCUT2D eigenvalue weighted by atomic mass is 16.5. The second-order valence-corrected chi connectivity index (χ2v) is 7.28. The summed E-state index contributed by atoms with van der Waals surface area (Å²) in [6.07, 6.45) is 9.17. The SMILES string of the molecule is CN(C)C(=O)CN=C(NCCCC1CCCC1)NCC1CCOC1. The second kappa shape index (κ2) is 10.5. The quantitative estimate of drug-likeness (QED) is 0.401. The maximum Gasteiger partial charge on any atom is 0.243 e. The van der Waals surface area contributed by atoms with Crippen molar-refractivity contribution >= 4 is 11.9 Å². The van der Waals surface area contributed by atoms with E-state index in [0.29, 0.717) is 5.92 Å². The number of ether oxygens (including phenoxy) is 1. The van der Waals surface area contributed by atoms with E-state index in [0.717, 1.165) is 44.6 Å². The Bertz CT molecular complexity index is 400. The molecule has 1 heterocycles. The lowest BCUT2D eigenvalue weighted by atomic mass is 10.0. The van der Waals surface area contributed by atoms with Crippen molar-refractivity contribution in [2.75, 3.05) is 46.9 Å². The van der Waals surface area contributed by atoms with Gasteiger partial charge in [-0.2, -0.15) is 0 Å². The summed E-state index contributed by atoms with van der Waals surface area (Å²) in [6, 6.07) is 0. The van der Waals surface area contributed by atoms with Crippen LogP contribution in [0.3, 0.4) is 0 Å². The van der Waals surface area contributed by atoms with E-state index in [-0.39, 0.29) is 12.5 Å². The Kier molecular flexibility index (Phi) is 8.36. The number of carbonyl (C=O) groups excluding carboxylic acids is 1. The van der Waals surface area contributed by atoms with Gasteiger partial charge < -0.3 is 20.3 Å². The standard InChI is InChI=1S/C18H34N4O2/c1-22(2)17(23)13-21-18(20-12-16-9-11-24-14-16)19-10-5-8-15-6-3-4-7-15/h15-16H,3-14H2,1-2H3,(H2,19,20,21). The molecule has 1 aliphatic carbocycles. The lowest BCUT2D eigenvalue weighted by Gasteiger charge is -2.16. The number of nitrogens with one attached hydrogen (secondary N) is 2. The number of guanidine groups is 1. The molecule has 1 unspecified atom stereocenters. The number of amides is 1. The van der Waals surface area contributed by atoms with Crippen LogP contribution >= 0.6 is 0 Å². The van der Waals surface area contributed by atoms with Crippen LogP contribution in [0.5, 0.6) is 0 Å². The van der Waals surface area contributed by atoms with Crippen molar-refractivity contribution < 1.29 is 9.53 Å². The van der Waals surface area contributed by atoms with Crippen molar-refractivity contribution in [3.8, 4) is 0 Å². The van der Waals surface area contributed by atoms with Gasteiger partial charge in [0.15, 0.2) is 5.96 Å². The lowest BCUT2D eigenvalue weighted by molar-refractivity contribution is -0.127. The minimum Gasteiger partial charge on any atom is -0.381 e. The van der Waals surface area contributed by atoms with Crippen molar-refractivity contribution in [2.24, 2.45) is 16.8 Å². The minimum atomic E-state index is 0.0197. The average molecular weight is 338 g/mol. The Morgan fingerprint density at radius 1 is 1.17 bits per heavy atom. The summed E-state index contributed by atoms with van der Waals surface area (Å²) < 4.78 is 5.41.